The summed E-state index contributed by atoms with van der Waals surface area (Å²) in [5.74, 6) is -3.58. The lowest BCUT2D eigenvalue weighted by atomic mass is 10.1. The van der Waals surface area contributed by atoms with Crippen LogP contribution in [0.1, 0.15) is 33.1 Å². The highest BCUT2D eigenvalue weighted by Crippen LogP contribution is 2.35. The van der Waals surface area contributed by atoms with Gasteiger partial charge in [-0.25, -0.2) is 8.78 Å². The van der Waals surface area contributed by atoms with Crippen molar-refractivity contribution in [3.8, 4) is 0 Å². The summed E-state index contributed by atoms with van der Waals surface area (Å²) in [5, 5.41) is 8.52. The minimum Gasteiger partial charge on any atom is -0.481 e. The van der Waals surface area contributed by atoms with Crippen LogP contribution in [0.5, 0.6) is 0 Å². The summed E-state index contributed by atoms with van der Waals surface area (Å²) in [7, 11) is 0. The quantitative estimate of drug-likeness (QED) is 0.789. The summed E-state index contributed by atoms with van der Waals surface area (Å²) < 4.78 is 26.3. The van der Waals surface area contributed by atoms with Crippen LogP contribution in [-0.4, -0.2) is 40.5 Å². The smallest absolute Gasteiger partial charge is 0.303 e. The first-order valence-electron chi connectivity index (χ1n) is 5.17. The van der Waals surface area contributed by atoms with Gasteiger partial charge >= 0.3 is 5.97 Å². The fourth-order valence-electron chi connectivity index (χ4n) is 2.08. The van der Waals surface area contributed by atoms with Gasteiger partial charge in [-0.05, 0) is 20.3 Å². The van der Waals surface area contributed by atoms with Gasteiger partial charge in [-0.15, -0.1) is 0 Å². The Hall–Kier alpha value is -0.710. The van der Waals surface area contributed by atoms with E-state index in [-0.39, 0.29) is 31.5 Å². The zero-order valence-corrected chi connectivity index (χ0v) is 9.04. The number of aliphatic carboxylic acids is 1. The second-order valence-corrected chi connectivity index (χ2v) is 4.41. The first-order chi connectivity index (χ1) is 6.82. The van der Waals surface area contributed by atoms with Crippen LogP contribution in [0, 0.1) is 0 Å². The van der Waals surface area contributed by atoms with Crippen molar-refractivity contribution in [2.24, 2.45) is 0 Å². The van der Waals surface area contributed by atoms with Crippen molar-refractivity contribution < 1.29 is 18.7 Å². The molecule has 0 saturated carbocycles. The number of hydrogen-bond acceptors (Lipinski definition) is 2. The SMILES string of the molecule is CC(C)N1CC(F)(F)C[C@H]1CCC(=O)O. The third-order valence-electron chi connectivity index (χ3n) is 2.77. The molecule has 0 aliphatic carbocycles. The Bertz CT molecular complexity index is 244. The Labute approximate surface area is 88.1 Å². The molecular formula is C10H17F2NO2. The number of carboxylic acids is 1. The molecule has 1 aliphatic rings. The first-order valence-corrected chi connectivity index (χ1v) is 5.17. The number of nitrogens with zero attached hydrogens (tertiary/aromatic N) is 1. The van der Waals surface area contributed by atoms with Gasteiger partial charge in [0, 0.05) is 24.9 Å². The van der Waals surface area contributed by atoms with Crippen LogP contribution in [0.25, 0.3) is 0 Å². The van der Waals surface area contributed by atoms with E-state index in [2.05, 4.69) is 0 Å². The Balaban J connectivity index is 2.57. The van der Waals surface area contributed by atoms with Gasteiger partial charge in [-0.3, -0.25) is 9.69 Å². The fourth-order valence-corrected chi connectivity index (χ4v) is 2.08. The standard InChI is InChI=1S/C10H17F2NO2/c1-7(2)13-6-10(11,12)5-8(13)3-4-9(14)15/h7-8H,3-6H2,1-2H3,(H,14,15)/t8-/m1/s1. The molecule has 0 aromatic carbocycles. The van der Waals surface area contributed by atoms with Crippen molar-refractivity contribution in [3.05, 3.63) is 0 Å². The molecule has 3 nitrogen and oxygen atoms in total. The van der Waals surface area contributed by atoms with Crippen LogP contribution in [0.15, 0.2) is 0 Å². The molecular weight excluding hydrogens is 204 g/mol. The molecule has 0 radical (unpaired) electrons. The van der Waals surface area contributed by atoms with Gasteiger partial charge < -0.3 is 5.11 Å². The largest absolute Gasteiger partial charge is 0.481 e. The highest BCUT2D eigenvalue weighted by Gasteiger charge is 2.45. The molecule has 88 valence electrons. The molecule has 0 aromatic heterocycles. The molecule has 1 N–H and O–H groups in total. The van der Waals surface area contributed by atoms with Gasteiger partial charge in [0.05, 0.1) is 6.54 Å². The minimum absolute atomic E-state index is 0.0377. The minimum atomic E-state index is -2.66. The van der Waals surface area contributed by atoms with Crippen molar-refractivity contribution in [3.63, 3.8) is 0 Å². The Morgan fingerprint density at radius 2 is 2.20 bits per heavy atom. The number of carbonyl (C=O) groups is 1. The van der Waals surface area contributed by atoms with Gasteiger partial charge in [0.15, 0.2) is 0 Å². The van der Waals surface area contributed by atoms with E-state index in [1.54, 1.807) is 4.90 Å². The molecule has 1 heterocycles. The van der Waals surface area contributed by atoms with E-state index in [0.717, 1.165) is 0 Å². The van der Waals surface area contributed by atoms with Crippen LogP contribution < -0.4 is 0 Å². The molecule has 1 saturated heterocycles. The normalized spacial score (nSPS) is 26.1. The topological polar surface area (TPSA) is 40.5 Å². The van der Waals surface area contributed by atoms with Crippen LogP contribution in [0.4, 0.5) is 8.78 Å². The zero-order valence-electron chi connectivity index (χ0n) is 9.04. The average Bonchev–Trinajstić information content (AvgIpc) is 2.38. The fraction of sp³-hybridized carbons (Fsp3) is 0.900. The van der Waals surface area contributed by atoms with Gasteiger partial charge in [0.25, 0.3) is 5.92 Å². The van der Waals surface area contributed by atoms with E-state index in [1.165, 1.54) is 0 Å². The predicted octanol–water partition coefficient (Wildman–Crippen LogP) is 1.97. The Morgan fingerprint density at radius 3 is 2.67 bits per heavy atom. The van der Waals surface area contributed by atoms with Crippen LogP contribution in [0.3, 0.4) is 0 Å². The monoisotopic (exact) mass is 221 g/mol. The molecule has 0 amide bonds. The summed E-state index contributed by atoms with van der Waals surface area (Å²) in [4.78, 5) is 12.1. The third kappa shape index (κ3) is 3.41. The summed E-state index contributed by atoms with van der Waals surface area (Å²) in [6.07, 6.45) is 0.0610. The highest BCUT2D eigenvalue weighted by atomic mass is 19.3. The summed E-state index contributed by atoms with van der Waals surface area (Å²) in [5.41, 5.74) is 0. The maximum atomic E-state index is 13.1. The number of rotatable bonds is 4. The number of halogens is 2. The van der Waals surface area contributed by atoms with E-state index in [0.29, 0.717) is 6.42 Å². The summed E-state index contributed by atoms with van der Waals surface area (Å²) >= 11 is 0. The molecule has 1 fully saturated rings. The number of hydrogen-bond donors (Lipinski definition) is 1. The molecule has 0 bridgehead atoms. The van der Waals surface area contributed by atoms with E-state index in [1.807, 2.05) is 13.8 Å². The predicted molar refractivity (Wildman–Crippen MR) is 52.1 cm³/mol. The Kier molecular flexibility index (Phi) is 3.65. The maximum Gasteiger partial charge on any atom is 0.303 e. The number of alkyl halides is 2. The lowest BCUT2D eigenvalue weighted by molar-refractivity contribution is -0.137. The number of likely N-dealkylation sites (tertiary alicyclic amines) is 1. The molecule has 1 aliphatic heterocycles. The second-order valence-electron chi connectivity index (χ2n) is 4.41. The zero-order chi connectivity index (χ0) is 11.6. The van der Waals surface area contributed by atoms with Crippen LogP contribution in [0.2, 0.25) is 0 Å². The summed E-state index contributed by atoms with van der Waals surface area (Å²) in [6, 6.07) is -0.256. The van der Waals surface area contributed by atoms with E-state index >= 15 is 0 Å². The molecule has 15 heavy (non-hydrogen) atoms. The van der Waals surface area contributed by atoms with Gasteiger partial charge in [0.2, 0.25) is 0 Å². The molecule has 0 aromatic rings. The molecule has 0 spiro atoms. The summed E-state index contributed by atoms with van der Waals surface area (Å²) in [6.45, 7) is 3.47. The first kappa shape index (κ1) is 12.4. The maximum absolute atomic E-state index is 13.1. The molecule has 5 heteroatoms. The lowest BCUT2D eigenvalue weighted by Gasteiger charge is -2.26. The average molecular weight is 221 g/mol. The van der Waals surface area contributed by atoms with Gasteiger partial charge in [-0.2, -0.15) is 0 Å². The number of carboxylic acid groups (broad SMARTS) is 1. The van der Waals surface area contributed by atoms with E-state index in [9.17, 15) is 13.6 Å². The van der Waals surface area contributed by atoms with E-state index in [4.69, 9.17) is 5.11 Å². The van der Waals surface area contributed by atoms with Crippen molar-refractivity contribution in [1.82, 2.24) is 4.90 Å². The van der Waals surface area contributed by atoms with E-state index < -0.39 is 11.9 Å². The molecule has 1 rings (SSSR count). The Morgan fingerprint density at radius 1 is 1.60 bits per heavy atom. The van der Waals surface area contributed by atoms with Gasteiger partial charge in [-0.1, -0.05) is 0 Å². The van der Waals surface area contributed by atoms with Crippen molar-refractivity contribution >= 4 is 5.97 Å². The second kappa shape index (κ2) is 4.43. The highest BCUT2D eigenvalue weighted by molar-refractivity contribution is 5.66. The van der Waals surface area contributed by atoms with Crippen molar-refractivity contribution in [2.45, 2.75) is 51.1 Å². The molecule has 0 unspecified atom stereocenters. The van der Waals surface area contributed by atoms with Crippen LogP contribution >= 0.6 is 0 Å². The lowest BCUT2D eigenvalue weighted by Crippen LogP contribution is -2.36. The van der Waals surface area contributed by atoms with Crippen LogP contribution in [-0.2, 0) is 4.79 Å². The molecule has 1 atom stereocenters. The van der Waals surface area contributed by atoms with Gasteiger partial charge in [0.1, 0.15) is 0 Å². The van der Waals surface area contributed by atoms with Crippen molar-refractivity contribution in [2.75, 3.05) is 6.54 Å². The third-order valence-corrected chi connectivity index (χ3v) is 2.77. The van der Waals surface area contributed by atoms with Crippen molar-refractivity contribution in [1.29, 1.82) is 0 Å².